The highest BCUT2D eigenvalue weighted by Crippen LogP contribution is 2.36. The van der Waals surface area contributed by atoms with Gasteiger partial charge in [-0.25, -0.2) is 0 Å². The van der Waals surface area contributed by atoms with Gasteiger partial charge in [-0.05, 0) is 12.5 Å². The summed E-state index contributed by atoms with van der Waals surface area (Å²) in [5.74, 6) is -1.37. The lowest BCUT2D eigenvalue weighted by atomic mass is 10.0. The number of ether oxygens (including phenoxy) is 1. The van der Waals surface area contributed by atoms with E-state index in [0.717, 1.165) is 6.07 Å². The van der Waals surface area contributed by atoms with Gasteiger partial charge in [0.2, 0.25) is 0 Å². The van der Waals surface area contributed by atoms with E-state index in [1.54, 1.807) is 0 Å². The Bertz CT molecular complexity index is 387. The molecule has 0 bridgehead atoms. The third-order valence-electron chi connectivity index (χ3n) is 2.10. The van der Waals surface area contributed by atoms with Crippen LogP contribution in [0.2, 0.25) is 0 Å². The van der Waals surface area contributed by atoms with Gasteiger partial charge in [0.1, 0.15) is 0 Å². The van der Waals surface area contributed by atoms with Gasteiger partial charge in [-0.1, -0.05) is 12.1 Å². The summed E-state index contributed by atoms with van der Waals surface area (Å²) >= 11 is 0. The zero-order valence-corrected chi connectivity index (χ0v) is 9.96. The van der Waals surface area contributed by atoms with Crippen molar-refractivity contribution in [2.75, 3.05) is 6.61 Å². The van der Waals surface area contributed by atoms with E-state index in [1.165, 1.54) is 12.1 Å². The van der Waals surface area contributed by atoms with Crippen LogP contribution in [-0.2, 0) is 0 Å². The third kappa shape index (κ3) is 4.59. The fourth-order valence-corrected chi connectivity index (χ4v) is 1.34. The number of hydrogen-bond donors (Lipinski definition) is 3. The molecule has 0 saturated carbocycles. The molecule has 4 N–H and O–H groups in total. The molecule has 1 atom stereocenters. The van der Waals surface area contributed by atoms with E-state index in [-0.39, 0.29) is 31.0 Å². The lowest BCUT2D eigenvalue weighted by molar-refractivity contribution is -0.275. The number of aliphatic hydroxyl groups excluding tert-OH is 1. The van der Waals surface area contributed by atoms with Gasteiger partial charge in [-0.3, -0.25) is 0 Å². The van der Waals surface area contributed by atoms with Crippen molar-refractivity contribution in [2.24, 2.45) is 5.73 Å². The fraction of sp³-hybridized carbons (Fsp3) is 0.400. The summed E-state index contributed by atoms with van der Waals surface area (Å²) in [7, 11) is 0. The number of para-hydroxylation sites is 1. The Hall–Kier alpha value is -1.18. The van der Waals surface area contributed by atoms with Crippen LogP contribution in [0.5, 0.6) is 11.5 Å². The topological polar surface area (TPSA) is 75.7 Å². The van der Waals surface area contributed by atoms with Crippen LogP contribution in [0.25, 0.3) is 0 Å². The van der Waals surface area contributed by atoms with Gasteiger partial charge < -0.3 is 20.7 Å². The average molecular weight is 288 g/mol. The summed E-state index contributed by atoms with van der Waals surface area (Å²) in [6.07, 6.45) is -4.75. The summed E-state index contributed by atoms with van der Waals surface area (Å²) < 4.78 is 39.6. The van der Waals surface area contributed by atoms with Crippen molar-refractivity contribution in [1.82, 2.24) is 0 Å². The van der Waals surface area contributed by atoms with Gasteiger partial charge in [0.05, 0.1) is 0 Å². The molecule has 0 aromatic heterocycles. The Balaban J connectivity index is 0.00000289. The molecule has 1 rings (SSSR count). The molecule has 1 aromatic carbocycles. The zero-order chi connectivity index (χ0) is 13.1. The van der Waals surface area contributed by atoms with Gasteiger partial charge >= 0.3 is 6.36 Å². The molecule has 8 heteroatoms. The van der Waals surface area contributed by atoms with E-state index in [4.69, 9.17) is 10.8 Å². The first kappa shape index (κ1) is 16.8. The smallest absolute Gasteiger partial charge is 0.504 e. The highest BCUT2D eigenvalue weighted by Gasteiger charge is 2.32. The van der Waals surface area contributed by atoms with Crippen molar-refractivity contribution in [3.8, 4) is 11.5 Å². The van der Waals surface area contributed by atoms with Crippen molar-refractivity contribution in [2.45, 2.75) is 18.8 Å². The predicted octanol–water partition coefficient (Wildman–Crippen LogP) is 2.09. The minimum atomic E-state index is -4.88. The van der Waals surface area contributed by atoms with Crippen molar-refractivity contribution in [3.05, 3.63) is 23.8 Å². The van der Waals surface area contributed by atoms with Gasteiger partial charge in [0.15, 0.2) is 11.5 Å². The molecular weight excluding hydrogens is 275 g/mol. The van der Waals surface area contributed by atoms with Crippen LogP contribution in [-0.4, -0.2) is 23.2 Å². The summed E-state index contributed by atoms with van der Waals surface area (Å²) in [5.41, 5.74) is 5.68. The summed E-state index contributed by atoms with van der Waals surface area (Å²) in [6, 6.07) is 2.89. The number of nitrogens with two attached hydrogens (primary N) is 1. The molecule has 0 unspecified atom stereocenters. The molecule has 0 amide bonds. The Morgan fingerprint density at radius 1 is 1.33 bits per heavy atom. The number of aliphatic hydroxyl groups is 1. The number of phenolic OH excluding ortho intramolecular Hbond substituents is 1. The van der Waals surface area contributed by atoms with Crippen molar-refractivity contribution < 1.29 is 28.1 Å². The van der Waals surface area contributed by atoms with E-state index >= 15 is 0 Å². The van der Waals surface area contributed by atoms with Crippen LogP contribution < -0.4 is 10.5 Å². The molecule has 0 aliphatic rings. The summed E-state index contributed by atoms with van der Waals surface area (Å²) in [5, 5.41) is 18.2. The minimum Gasteiger partial charge on any atom is -0.504 e. The second-order valence-electron chi connectivity index (χ2n) is 3.36. The Morgan fingerprint density at radius 3 is 2.44 bits per heavy atom. The second kappa shape index (κ2) is 6.67. The summed E-state index contributed by atoms with van der Waals surface area (Å²) in [4.78, 5) is 0. The van der Waals surface area contributed by atoms with Gasteiger partial charge in [-0.2, -0.15) is 0 Å². The molecule has 0 aliphatic carbocycles. The number of alkyl halides is 3. The molecule has 18 heavy (non-hydrogen) atoms. The molecule has 0 fully saturated rings. The van der Waals surface area contributed by atoms with E-state index < -0.39 is 23.9 Å². The van der Waals surface area contributed by atoms with Crippen LogP contribution in [0, 0.1) is 0 Å². The third-order valence-corrected chi connectivity index (χ3v) is 2.10. The molecule has 0 spiro atoms. The fourth-order valence-electron chi connectivity index (χ4n) is 1.34. The highest BCUT2D eigenvalue weighted by molar-refractivity contribution is 5.85. The Morgan fingerprint density at radius 2 is 1.94 bits per heavy atom. The molecule has 4 nitrogen and oxygen atoms in total. The first-order valence-electron chi connectivity index (χ1n) is 4.79. The van der Waals surface area contributed by atoms with Crippen LogP contribution in [0.1, 0.15) is 18.0 Å². The maximum atomic E-state index is 12.0. The average Bonchev–Trinajstić information content (AvgIpc) is 2.19. The maximum Gasteiger partial charge on any atom is 0.573 e. The van der Waals surface area contributed by atoms with Crippen LogP contribution >= 0.6 is 12.4 Å². The second-order valence-corrected chi connectivity index (χ2v) is 3.36. The SMILES string of the molecule is Cl.N[C@@H](CCO)c1cccc(OC(F)(F)F)c1O. The highest BCUT2D eigenvalue weighted by atomic mass is 35.5. The maximum absolute atomic E-state index is 12.0. The molecule has 0 radical (unpaired) electrons. The number of rotatable bonds is 4. The molecular formula is C10H13ClF3NO3. The zero-order valence-electron chi connectivity index (χ0n) is 9.15. The van der Waals surface area contributed by atoms with E-state index in [0.29, 0.717) is 0 Å². The standard InChI is InChI=1S/C10H12F3NO3.ClH/c11-10(12,13)17-8-3-1-2-6(9(8)16)7(14)4-5-15;/h1-3,7,15-16H,4-5,14H2;1H/t7-;/m0./s1. The monoisotopic (exact) mass is 287 g/mol. The van der Waals surface area contributed by atoms with Crippen LogP contribution in [0.15, 0.2) is 18.2 Å². The molecule has 0 saturated heterocycles. The van der Waals surface area contributed by atoms with E-state index in [9.17, 15) is 18.3 Å². The molecule has 104 valence electrons. The molecule has 0 heterocycles. The molecule has 0 aliphatic heterocycles. The Kier molecular flexibility index (Phi) is 6.23. The van der Waals surface area contributed by atoms with E-state index in [1.807, 2.05) is 0 Å². The number of aromatic hydroxyl groups is 1. The van der Waals surface area contributed by atoms with Crippen molar-refractivity contribution in [1.29, 1.82) is 0 Å². The molecule has 1 aromatic rings. The minimum absolute atomic E-state index is 0. The van der Waals surface area contributed by atoms with Crippen molar-refractivity contribution >= 4 is 12.4 Å². The van der Waals surface area contributed by atoms with E-state index in [2.05, 4.69) is 4.74 Å². The quantitative estimate of drug-likeness (QED) is 0.793. The van der Waals surface area contributed by atoms with Crippen LogP contribution in [0.4, 0.5) is 13.2 Å². The van der Waals surface area contributed by atoms with Crippen molar-refractivity contribution in [3.63, 3.8) is 0 Å². The first-order valence-corrected chi connectivity index (χ1v) is 4.79. The number of phenols is 1. The number of halogens is 4. The summed E-state index contributed by atoms with van der Waals surface area (Å²) in [6.45, 7) is -0.231. The van der Waals surface area contributed by atoms with Gasteiger partial charge in [-0.15, -0.1) is 25.6 Å². The lowest BCUT2D eigenvalue weighted by Gasteiger charge is -2.16. The predicted molar refractivity (Wildman–Crippen MR) is 60.7 cm³/mol. The van der Waals surface area contributed by atoms with Crippen LogP contribution in [0.3, 0.4) is 0 Å². The normalized spacial score (nSPS) is 12.7. The first-order chi connectivity index (χ1) is 7.85. The lowest BCUT2D eigenvalue weighted by Crippen LogP contribution is -2.18. The Labute approximate surface area is 108 Å². The van der Waals surface area contributed by atoms with Gasteiger partial charge in [0.25, 0.3) is 0 Å². The number of hydrogen-bond acceptors (Lipinski definition) is 4. The number of benzene rings is 1. The van der Waals surface area contributed by atoms with Gasteiger partial charge in [0, 0.05) is 18.2 Å². The largest absolute Gasteiger partial charge is 0.573 e.